The van der Waals surface area contributed by atoms with Crippen LogP contribution in [0.2, 0.25) is 0 Å². The van der Waals surface area contributed by atoms with E-state index in [2.05, 4.69) is 23.6 Å². The number of benzene rings is 2. The summed E-state index contributed by atoms with van der Waals surface area (Å²) >= 11 is 0. The fourth-order valence-electron chi connectivity index (χ4n) is 5.75. The van der Waals surface area contributed by atoms with Crippen LogP contribution in [-0.2, 0) is 19.1 Å². The minimum atomic E-state index is -4.32. The van der Waals surface area contributed by atoms with Crippen molar-refractivity contribution in [1.29, 1.82) is 0 Å². The lowest BCUT2D eigenvalue weighted by Gasteiger charge is -2.21. The van der Waals surface area contributed by atoms with Gasteiger partial charge >= 0.3 is 6.18 Å². The molecule has 0 saturated heterocycles. The molecule has 0 spiro atoms. The molecular formula is C34H49ClF3NO2. The maximum Gasteiger partial charge on any atom is 0.416 e. The average Bonchev–Trinajstić information content (AvgIpc) is 2.95. The molecule has 3 nitrogen and oxygen atoms in total. The quantitative estimate of drug-likeness (QED) is 0.140. The van der Waals surface area contributed by atoms with Crippen LogP contribution in [0, 0.1) is 0 Å². The number of halogens is 4. The van der Waals surface area contributed by atoms with E-state index in [4.69, 9.17) is 9.47 Å². The molecule has 0 saturated carbocycles. The predicted molar refractivity (Wildman–Crippen MR) is 158 cm³/mol. The van der Waals surface area contributed by atoms with Crippen LogP contribution in [0.4, 0.5) is 13.2 Å². The Bertz CT molecular complexity index is 1070. The first-order valence-corrected chi connectivity index (χ1v) is 15.4. The number of alkyl halides is 3. The van der Waals surface area contributed by atoms with E-state index in [0.717, 1.165) is 37.1 Å². The van der Waals surface area contributed by atoms with Gasteiger partial charge in [-0.3, -0.25) is 0 Å². The maximum absolute atomic E-state index is 13.1. The summed E-state index contributed by atoms with van der Waals surface area (Å²) in [4.78, 5) is 0. The van der Waals surface area contributed by atoms with Gasteiger partial charge in [0.25, 0.3) is 0 Å². The second-order valence-electron chi connectivity index (χ2n) is 11.2. The number of unbranched alkanes of at least 4 members (excludes halogenated alkanes) is 12. The minimum Gasteiger partial charge on any atom is -1.00 e. The van der Waals surface area contributed by atoms with Gasteiger partial charge < -0.3 is 21.9 Å². The largest absolute Gasteiger partial charge is 1.00 e. The number of rotatable bonds is 18. The molecule has 0 fully saturated rings. The SMILES string of the molecule is CCCCCCCCCCCCCCCC1=[N+](Cc2ccc(C(F)(F)F)cc2)CCc2cc(OC)c(OC)cc21.[Cl-]. The Kier molecular flexibility index (Phi) is 15.7. The van der Waals surface area contributed by atoms with Crippen LogP contribution in [0.1, 0.15) is 119 Å². The molecule has 0 bridgehead atoms. The molecule has 0 aromatic heterocycles. The Morgan fingerprint density at radius 2 is 1.24 bits per heavy atom. The van der Waals surface area contributed by atoms with Crippen molar-refractivity contribution in [3.63, 3.8) is 0 Å². The van der Waals surface area contributed by atoms with E-state index < -0.39 is 11.7 Å². The predicted octanol–water partition coefficient (Wildman–Crippen LogP) is 6.77. The van der Waals surface area contributed by atoms with Gasteiger partial charge in [0.1, 0.15) is 6.54 Å². The van der Waals surface area contributed by atoms with E-state index in [1.54, 1.807) is 26.4 Å². The third-order valence-electron chi connectivity index (χ3n) is 8.12. The zero-order valence-corrected chi connectivity index (χ0v) is 26.0. The normalized spacial score (nSPS) is 13.1. The van der Waals surface area contributed by atoms with E-state index in [1.165, 1.54) is 106 Å². The number of methoxy groups -OCH3 is 2. The van der Waals surface area contributed by atoms with E-state index in [9.17, 15) is 13.2 Å². The van der Waals surface area contributed by atoms with E-state index in [1.807, 2.05) is 0 Å². The lowest BCUT2D eigenvalue weighted by Crippen LogP contribution is -3.00. The fourth-order valence-corrected chi connectivity index (χ4v) is 5.75. The summed E-state index contributed by atoms with van der Waals surface area (Å²) in [5.74, 6) is 1.44. The maximum atomic E-state index is 13.1. The molecule has 0 atom stereocenters. The second kappa shape index (κ2) is 18.4. The highest BCUT2D eigenvalue weighted by Gasteiger charge is 2.31. The van der Waals surface area contributed by atoms with Crippen LogP contribution in [0.25, 0.3) is 0 Å². The van der Waals surface area contributed by atoms with Crippen molar-refractivity contribution >= 4 is 5.71 Å². The monoisotopic (exact) mass is 595 g/mol. The Labute approximate surface area is 251 Å². The van der Waals surface area contributed by atoms with Gasteiger partial charge in [0.15, 0.2) is 23.8 Å². The Morgan fingerprint density at radius 1 is 0.732 bits per heavy atom. The topological polar surface area (TPSA) is 21.5 Å². The van der Waals surface area contributed by atoms with Crippen LogP contribution < -0.4 is 21.9 Å². The van der Waals surface area contributed by atoms with Crippen molar-refractivity contribution in [1.82, 2.24) is 0 Å². The molecule has 0 radical (unpaired) electrons. The second-order valence-corrected chi connectivity index (χ2v) is 11.2. The standard InChI is InChI=1S/C34H49F3NO2.ClH/c1-4-5-6-7-8-9-10-11-12-13-14-15-16-17-31-30-25-33(40-3)32(39-2)24-28(30)22-23-38(31)26-27-18-20-29(21-19-27)34(35,36)37;/h18-21,24-25H,4-17,22-23,26H2,1-3H3;1H/q+1;/p-1. The van der Waals surface area contributed by atoms with Crippen molar-refractivity contribution in [2.45, 2.75) is 116 Å². The van der Waals surface area contributed by atoms with Gasteiger partial charge in [-0.15, -0.1) is 0 Å². The minimum absolute atomic E-state index is 0. The van der Waals surface area contributed by atoms with Gasteiger partial charge in [0.05, 0.1) is 19.8 Å². The number of hydrogen-bond donors (Lipinski definition) is 0. The van der Waals surface area contributed by atoms with E-state index >= 15 is 0 Å². The van der Waals surface area contributed by atoms with Crippen LogP contribution in [0.15, 0.2) is 36.4 Å². The molecule has 0 N–H and O–H groups in total. The van der Waals surface area contributed by atoms with Crippen LogP contribution >= 0.6 is 0 Å². The molecule has 2 aromatic carbocycles. The molecule has 1 aliphatic rings. The van der Waals surface area contributed by atoms with Crippen molar-refractivity contribution in [2.75, 3.05) is 20.8 Å². The Balaban J connectivity index is 0.00000588. The smallest absolute Gasteiger partial charge is 0.416 e. The molecule has 41 heavy (non-hydrogen) atoms. The van der Waals surface area contributed by atoms with Gasteiger partial charge in [-0.2, -0.15) is 13.2 Å². The number of nitrogens with zero attached hydrogens (tertiary/aromatic N) is 1. The number of ether oxygens (including phenoxy) is 2. The summed E-state index contributed by atoms with van der Waals surface area (Å²) in [6.07, 6.45) is 14.6. The van der Waals surface area contributed by atoms with Crippen molar-refractivity contribution < 1.29 is 39.6 Å². The summed E-state index contributed by atoms with van der Waals surface area (Å²) in [5.41, 5.74) is 3.96. The highest BCUT2D eigenvalue weighted by Crippen LogP contribution is 2.34. The molecule has 0 aliphatic carbocycles. The van der Waals surface area contributed by atoms with Crippen molar-refractivity contribution in [3.8, 4) is 11.5 Å². The van der Waals surface area contributed by atoms with Crippen LogP contribution in [0.5, 0.6) is 11.5 Å². The van der Waals surface area contributed by atoms with Crippen molar-refractivity contribution in [3.05, 3.63) is 58.7 Å². The molecule has 1 heterocycles. The molecule has 3 rings (SSSR count). The zero-order valence-electron chi connectivity index (χ0n) is 25.3. The Hall–Kier alpha value is -2.21. The van der Waals surface area contributed by atoms with Crippen molar-refractivity contribution in [2.24, 2.45) is 0 Å². The molecule has 0 amide bonds. The first-order valence-electron chi connectivity index (χ1n) is 15.4. The van der Waals surface area contributed by atoms with Gasteiger partial charge in [-0.1, -0.05) is 96.1 Å². The summed E-state index contributed by atoms with van der Waals surface area (Å²) in [5, 5.41) is 0. The van der Waals surface area contributed by atoms with Gasteiger partial charge in [-0.05, 0) is 36.2 Å². The number of fused-ring (bicyclic) bond motifs is 1. The molecular weight excluding hydrogens is 547 g/mol. The summed E-state index contributed by atoms with van der Waals surface area (Å²) in [6, 6.07) is 9.74. The molecule has 230 valence electrons. The van der Waals surface area contributed by atoms with Gasteiger partial charge in [-0.25, -0.2) is 4.58 Å². The lowest BCUT2D eigenvalue weighted by atomic mass is 9.92. The Morgan fingerprint density at radius 3 is 1.76 bits per heavy atom. The highest BCUT2D eigenvalue weighted by atomic mass is 35.5. The zero-order chi connectivity index (χ0) is 28.8. The third-order valence-corrected chi connectivity index (χ3v) is 8.12. The first kappa shape index (κ1) is 35.0. The average molecular weight is 596 g/mol. The number of hydrogen-bond acceptors (Lipinski definition) is 2. The summed E-state index contributed by atoms with van der Waals surface area (Å²) < 4.78 is 52.7. The first-order chi connectivity index (χ1) is 19.4. The molecule has 7 heteroatoms. The fraction of sp³-hybridized carbons (Fsp3) is 0.618. The van der Waals surface area contributed by atoms with Crippen LogP contribution in [-0.4, -0.2) is 31.1 Å². The van der Waals surface area contributed by atoms with E-state index in [-0.39, 0.29) is 12.4 Å². The molecule has 0 unspecified atom stereocenters. The third kappa shape index (κ3) is 11.2. The summed E-state index contributed by atoms with van der Waals surface area (Å²) in [6.45, 7) is 3.69. The molecule has 1 aliphatic heterocycles. The molecule has 2 aromatic rings. The van der Waals surface area contributed by atoms with E-state index in [0.29, 0.717) is 12.3 Å². The van der Waals surface area contributed by atoms with Crippen LogP contribution in [0.3, 0.4) is 0 Å². The highest BCUT2D eigenvalue weighted by molar-refractivity contribution is 5.99. The summed E-state index contributed by atoms with van der Waals surface area (Å²) in [7, 11) is 3.31. The lowest BCUT2D eigenvalue weighted by molar-refractivity contribution is -0.545. The van der Waals surface area contributed by atoms with Gasteiger partial charge in [0.2, 0.25) is 0 Å². The van der Waals surface area contributed by atoms with Gasteiger partial charge in [0, 0.05) is 24.0 Å².